The average molecular weight is 353 g/mol. The van der Waals surface area contributed by atoms with Crippen LogP contribution in [0.1, 0.15) is 45.5 Å². The third-order valence-corrected chi connectivity index (χ3v) is 5.29. The van der Waals surface area contributed by atoms with Crippen molar-refractivity contribution in [1.82, 2.24) is 10.2 Å². The summed E-state index contributed by atoms with van der Waals surface area (Å²) in [4.78, 5) is 38.1. The second-order valence-electron chi connectivity index (χ2n) is 6.84. The van der Waals surface area contributed by atoms with E-state index in [9.17, 15) is 19.7 Å². The number of nitro benzene ring substituents is 1. The molecule has 2 heterocycles. The third kappa shape index (κ3) is 2.74. The van der Waals surface area contributed by atoms with Gasteiger partial charge in [0.25, 0.3) is 17.5 Å². The zero-order valence-corrected chi connectivity index (χ0v) is 14.3. The quantitative estimate of drug-likeness (QED) is 0.518. The summed E-state index contributed by atoms with van der Waals surface area (Å²) in [6, 6.07) is 6.24. The number of rotatable bonds is 4. The minimum absolute atomic E-state index is 0.0879. The Morgan fingerprint density at radius 3 is 2.58 bits per heavy atom. The maximum absolute atomic E-state index is 12.5. The molecule has 2 amide bonds. The van der Waals surface area contributed by atoms with Crippen molar-refractivity contribution >= 4 is 28.3 Å². The SMILES string of the molecule is O=C1NC(=O)c2c(CCN3CCCCC3)c1cc1c([N+](=O)[O-])cccc21. The summed E-state index contributed by atoms with van der Waals surface area (Å²) >= 11 is 0. The zero-order valence-electron chi connectivity index (χ0n) is 14.3. The van der Waals surface area contributed by atoms with Gasteiger partial charge in [0.1, 0.15) is 0 Å². The fourth-order valence-corrected chi connectivity index (χ4v) is 4.02. The third-order valence-electron chi connectivity index (χ3n) is 5.29. The van der Waals surface area contributed by atoms with Crippen molar-refractivity contribution in [3.8, 4) is 0 Å². The van der Waals surface area contributed by atoms with Gasteiger partial charge in [-0.25, -0.2) is 0 Å². The lowest BCUT2D eigenvalue weighted by atomic mass is 9.88. The van der Waals surface area contributed by atoms with Gasteiger partial charge in [-0.1, -0.05) is 18.6 Å². The highest BCUT2D eigenvalue weighted by Gasteiger charge is 2.31. The number of hydrogen-bond acceptors (Lipinski definition) is 5. The van der Waals surface area contributed by atoms with E-state index in [2.05, 4.69) is 10.2 Å². The Kier molecular flexibility index (Phi) is 4.16. The highest BCUT2D eigenvalue weighted by atomic mass is 16.6. The van der Waals surface area contributed by atoms with Gasteiger partial charge >= 0.3 is 0 Å². The molecule has 134 valence electrons. The molecular formula is C19H19N3O4. The van der Waals surface area contributed by atoms with E-state index in [0.717, 1.165) is 19.6 Å². The van der Waals surface area contributed by atoms with Crippen LogP contribution in [-0.2, 0) is 6.42 Å². The summed E-state index contributed by atoms with van der Waals surface area (Å²) < 4.78 is 0. The number of non-ortho nitro benzene ring substituents is 1. The Morgan fingerprint density at radius 2 is 1.85 bits per heavy atom. The topological polar surface area (TPSA) is 92.6 Å². The van der Waals surface area contributed by atoms with E-state index < -0.39 is 16.7 Å². The van der Waals surface area contributed by atoms with Crippen molar-refractivity contribution in [3.05, 3.63) is 51.1 Å². The molecular weight excluding hydrogens is 334 g/mol. The molecule has 0 spiro atoms. The normalized spacial score (nSPS) is 17.4. The first kappa shape index (κ1) is 16.7. The summed E-state index contributed by atoms with van der Waals surface area (Å²) in [5.41, 5.74) is 1.39. The van der Waals surface area contributed by atoms with Gasteiger partial charge in [-0.3, -0.25) is 25.0 Å². The molecule has 4 rings (SSSR count). The number of nitrogens with one attached hydrogen (secondary N) is 1. The Hall–Kier alpha value is -2.80. The molecule has 2 aliphatic heterocycles. The average Bonchev–Trinajstić information content (AvgIpc) is 2.64. The van der Waals surface area contributed by atoms with Crippen LogP contribution >= 0.6 is 0 Å². The van der Waals surface area contributed by atoms with Crippen molar-refractivity contribution in [3.63, 3.8) is 0 Å². The van der Waals surface area contributed by atoms with Gasteiger partial charge in [0, 0.05) is 23.6 Å². The summed E-state index contributed by atoms with van der Waals surface area (Å²) in [6.45, 7) is 2.84. The fourth-order valence-electron chi connectivity index (χ4n) is 4.02. The van der Waals surface area contributed by atoms with E-state index in [-0.39, 0.29) is 5.69 Å². The van der Waals surface area contributed by atoms with E-state index in [0.29, 0.717) is 33.9 Å². The van der Waals surface area contributed by atoms with Crippen molar-refractivity contribution in [2.45, 2.75) is 25.7 Å². The molecule has 0 saturated carbocycles. The van der Waals surface area contributed by atoms with Crippen LogP contribution in [0, 0.1) is 10.1 Å². The van der Waals surface area contributed by atoms with Crippen LogP contribution in [0.5, 0.6) is 0 Å². The van der Waals surface area contributed by atoms with E-state index in [1.54, 1.807) is 18.2 Å². The predicted molar refractivity (Wildman–Crippen MR) is 96.4 cm³/mol. The Balaban J connectivity index is 1.82. The second-order valence-corrected chi connectivity index (χ2v) is 6.84. The van der Waals surface area contributed by atoms with Crippen molar-refractivity contribution < 1.29 is 14.5 Å². The van der Waals surface area contributed by atoms with Crippen LogP contribution in [-0.4, -0.2) is 41.3 Å². The number of carbonyl (C=O) groups is 2. The van der Waals surface area contributed by atoms with Crippen LogP contribution in [0.4, 0.5) is 5.69 Å². The molecule has 2 aliphatic rings. The first-order valence-corrected chi connectivity index (χ1v) is 8.87. The lowest BCUT2D eigenvalue weighted by Gasteiger charge is -2.28. The Morgan fingerprint density at radius 1 is 1.08 bits per heavy atom. The molecule has 2 bridgehead atoms. The zero-order chi connectivity index (χ0) is 18.3. The van der Waals surface area contributed by atoms with Crippen LogP contribution in [0.25, 0.3) is 10.8 Å². The number of fused-ring (bicyclic) bond motifs is 4. The molecule has 0 aromatic heterocycles. The number of nitrogens with zero attached hydrogens (tertiary/aromatic N) is 2. The van der Waals surface area contributed by atoms with E-state index in [1.807, 2.05) is 0 Å². The molecule has 7 heteroatoms. The highest BCUT2D eigenvalue weighted by molar-refractivity contribution is 6.23. The maximum Gasteiger partial charge on any atom is 0.277 e. The van der Waals surface area contributed by atoms with Gasteiger partial charge in [-0.15, -0.1) is 0 Å². The molecule has 0 aliphatic carbocycles. The second kappa shape index (κ2) is 6.49. The fraction of sp³-hybridized carbons (Fsp3) is 0.368. The highest BCUT2D eigenvalue weighted by Crippen LogP contribution is 2.34. The van der Waals surface area contributed by atoms with Crippen molar-refractivity contribution in [1.29, 1.82) is 0 Å². The van der Waals surface area contributed by atoms with Gasteiger partial charge in [-0.05, 0) is 44.0 Å². The number of piperidine rings is 1. The predicted octanol–water partition coefficient (Wildman–Crippen LogP) is 2.66. The standard InChI is InChI=1S/C19H19N3O4/c23-18-15-11-14-12(5-4-6-16(14)22(25)26)17(19(24)20-18)13(15)7-10-21-8-2-1-3-9-21/h4-6,11H,1-3,7-10H2,(H,20,23,24). The Bertz CT molecular complexity index is 932. The molecule has 1 N–H and O–H groups in total. The maximum atomic E-state index is 12.5. The first-order valence-electron chi connectivity index (χ1n) is 8.87. The number of likely N-dealkylation sites (tertiary alicyclic amines) is 1. The van der Waals surface area contributed by atoms with Crippen molar-refractivity contribution in [2.24, 2.45) is 0 Å². The molecule has 26 heavy (non-hydrogen) atoms. The summed E-state index contributed by atoms with van der Waals surface area (Å²) in [7, 11) is 0. The van der Waals surface area contributed by atoms with Gasteiger partial charge in [0.15, 0.2) is 0 Å². The summed E-state index contributed by atoms with van der Waals surface area (Å²) in [6.07, 6.45) is 4.17. The van der Waals surface area contributed by atoms with E-state index in [1.165, 1.54) is 25.3 Å². The number of amides is 2. The lowest BCUT2D eigenvalue weighted by molar-refractivity contribution is -0.383. The first-order chi connectivity index (χ1) is 12.6. The minimum Gasteiger partial charge on any atom is -0.303 e. The van der Waals surface area contributed by atoms with Gasteiger partial charge in [0.05, 0.1) is 15.9 Å². The number of imide groups is 1. The largest absolute Gasteiger partial charge is 0.303 e. The van der Waals surface area contributed by atoms with Crippen LogP contribution in [0.15, 0.2) is 24.3 Å². The van der Waals surface area contributed by atoms with Crippen LogP contribution < -0.4 is 5.32 Å². The van der Waals surface area contributed by atoms with Gasteiger partial charge in [-0.2, -0.15) is 0 Å². The smallest absolute Gasteiger partial charge is 0.277 e. The molecule has 0 unspecified atom stereocenters. The number of benzene rings is 2. The molecule has 2 aromatic carbocycles. The monoisotopic (exact) mass is 353 g/mol. The number of carbonyl (C=O) groups excluding carboxylic acids is 2. The molecule has 0 atom stereocenters. The van der Waals surface area contributed by atoms with E-state index >= 15 is 0 Å². The molecule has 0 radical (unpaired) electrons. The Labute approximate surface area is 150 Å². The number of nitro groups is 1. The lowest BCUT2D eigenvalue weighted by Crippen LogP contribution is -2.38. The minimum atomic E-state index is -0.479. The van der Waals surface area contributed by atoms with Gasteiger partial charge < -0.3 is 4.90 Å². The van der Waals surface area contributed by atoms with E-state index in [4.69, 9.17) is 0 Å². The molecule has 2 aromatic rings. The van der Waals surface area contributed by atoms with Gasteiger partial charge in [0.2, 0.25) is 0 Å². The van der Waals surface area contributed by atoms with Crippen molar-refractivity contribution in [2.75, 3.05) is 19.6 Å². The molecule has 1 saturated heterocycles. The molecule has 1 fully saturated rings. The van der Waals surface area contributed by atoms with Crippen LogP contribution in [0.2, 0.25) is 0 Å². The number of hydrogen-bond donors (Lipinski definition) is 1. The molecule has 7 nitrogen and oxygen atoms in total. The summed E-state index contributed by atoms with van der Waals surface area (Å²) in [5, 5.41) is 14.6. The summed E-state index contributed by atoms with van der Waals surface area (Å²) in [5.74, 6) is -0.946. The van der Waals surface area contributed by atoms with Crippen LogP contribution in [0.3, 0.4) is 0 Å².